The van der Waals surface area contributed by atoms with Gasteiger partial charge in [0, 0.05) is 10.0 Å². The van der Waals surface area contributed by atoms with E-state index in [1.807, 2.05) is 0 Å². The molecule has 2 rings (SSSR count). The number of ether oxygens (including phenoxy) is 2. The monoisotopic (exact) mass is 296 g/mol. The van der Waals surface area contributed by atoms with Crippen molar-refractivity contribution < 1.29 is 14.3 Å². The van der Waals surface area contributed by atoms with Gasteiger partial charge in [0.2, 0.25) is 0 Å². The number of halogens is 2. The third kappa shape index (κ3) is 3.40. The Morgan fingerprint density at radius 2 is 1.58 bits per heavy atom. The summed E-state index contributed by atoms with van der Waals surface area (Å²) in [4.78, 5) is 12.0. The van der Waals surface area contributed by atoms with Gasteiger partial charge in [-0.1, -0.05) is 35.3 Å². The largest absolute Gasteiger partial charge is 0.493 e. The quantitative estimate of drug-likeness (QED) is 0.628. The summed E-state index contributed by atoms with van der Waals surface area (Å²) in [5.74, 6) is 0.268. The first-order chi connectivity index (χ1) is 9.10. The van der Waals surface area contributed by atoms with Crippen LogP contribution in [0.15, 0.2) is 42.5 Å². The van der Waals surface area contributed by atoms with Crippen LogP contribution < -0.4 is 9.47 Å². The normalized spacial score (nSPS) is 10.1. The molecule has 0 saturated heterocycles. The number of para-hydroxylation sites is 2. The summed E-state index contributed by atoms with van der Waals surface area (Å²) < 4.78 is 10.4. The lowest BCUT2D eigenvalue weighted by Crippen LogP contribution is -2.09. The van der Waals surface area contributed by atoms with Crippen LogP contribution in [0, 0.1) is 0 Å². The Kier molecular flexibility index (Phi) is 4.30. The van der Waals surface area contributed by atoms with Crippen molar-refractivity contribution in [1.29, 1.82) is 0 Å². The number of benzene rings is 2. The number of esters is 1. The molecule has 0 atom stereocenters. The highest BCUT2D eigenvalue weighted by molar-refractivity contribution is 6.35. The number of carbonyl (C=O) groups is 1. The minimum Gasteiger partial charge on any atom is -0.493 e. The lowest BCUT2D eigenvalue weighted by molar-refractivity contribution is 0.0729. The molecule has 0 aliphatic rings. The van der Waals surface area contributed by atoms with E-state index in [9.17, 15) is 4.79 Å². The lowest BCUT2D eigenvalue weighted by atomic mass is 10.2. The Morgan fingerprint density at radius 1 is 1.00 bits per heavy atom. The third-order valence-electron chi connectivity index (χ3n) is 2.37. The summed E-state index contributed by atoms with van der Waals surface area (Å²) >= 11 is 11.7. The van der Waals surface area contributed by atoms with Crippen LogP contribution in [0.25, 0.3) is 0 Å². The Hall–Kier alpha value is -1.71. The molecule has 0 aliphatic carbocycles. The molecule has 0 unspecified atom stereocenters. The molecule has 0 bridgehead atoms. The fourth-order valence-electron chi connectivity index (χ4n) is 1.53. The molecule has 0 fully saturated rings. The van der Waals surface area contributed by atoms with Crippen LogP contribution in [0.5, 0.6) is 11.5 Å². The van der Waals surface area contributed by atoms with Crippen LogP contribution in [-0.4, -0.2) is 13.1 Å². The average molecular weight is 297 g/mol. The maximum absolute atomic E-state index is 12.0. The minimum atomic E-state index is -0.547. The Balaban J connectivity index is 2.25. The Labute approximate surface area is 120 Å². The number of carbonyl (C=O) groups excluding carboxylic acids is 1. The topological polar surface area (TPSA) is 35.5 Å². The second-order valence-corrected chi connectivity index (χ2v) is 4.57. The average Bonchev–Trinajstić information content (AvgIpc) is 2.38. The molecule has 0 radical (unpaired) electrons. The molecule has 98 valence electrons. The smallest absolute Gasteiger partial charge is 0.343 e. The van der Waals surface area contributed by atoms with E-state index in [4.69, 9.17) is 32.7 Å². The second kappa shape index (κ2) is 5.95. The van der Waals surface area contributed by atoms with Crippen molar-refractivity contribution in [3.8, 4) is 11.5 Å². The van der Waals surface area contributed by atoms with Crippen molar-refractivity contribution in [3.63, 3.8) is 0 Å². The highest BCUT2D eigenvalue weighted by Gasteiger charge is 2.13. The highest BCUT2D eigenvalue weighted by Crippen LogP contribution is 2.27. The first kappa shape index (κ1) is 13.7. The summed E-state index contributed by atoms with van der Waals surface area (Å²) in [6.07, 6.45) is 0. The summed E-state index contributed by atoms with van der Waals surface area (Å²) in [6, 6.07) is 11.4. The van der Waals surface area contributed by atoms with Gasteiger partial charge in [0.05, 0.1) is 12.7 Å². The first-order valence-electron chi connectivity index (χ1n) is 5.41. The zero-order valence-corrected chi connectivity index (χ0v) is 11.5. The van der Waals surface area contributed by atoms with Crippen molar-refractivity contribution in [2.45, 2.75) is 0 Å². The summed E-state index contributed by atoms with van der Waals surface area (Å²) in [6.45, 7) is 0. The van der Waals surface area contributed by atoms with Crippen molar-refractivity contribution >= 4 is 29.2 Å². The van der Waals surface area contributed by atoms with Crippen LogP contribution in [0.3, 0.4) is 0 Å². The van der Waals surface area contributed by atoms with Crippen LogP contribution >= 0.6 is 23.2 Å². The molecule has 0 amide bonds. The molecule has 0 aromatic heterocycles. The number of rotatable bonds is 3. The van der Waals surface area contributed by atoms with E-state index in [1.54, 1.807) is 30.3 Å². The molecule has 0 N–H and O–H groups in total. The van der Waals surface area contributed by atoms with Crippen molar-refractivity contribution in [3.05, 3.63) is 58.1 Å². The van der Waals surface area contributed by atoms with Crippen LogP contribution in [0.2, 0.25) is 10.0 Å². The predicted octanol–water partition coefficient (Wildman–Crippen LogP) is 4.22. The van der Waals surface area contributed by atoms with Gasteiger partial charge in [0.25, 0.3) is 0 Å². The van der Waals surface area contributed by atoms with E-state index in [0.717, 1.165) is 0 Å². The summed E-state index contributed by atoms with van der Waals surface area (Å²) in [5.41, 5.74) is 0.281. The number of hydrogen-bond acceptors (Lipinski definition) is 3. The molecule has 2 aromatic carbocycles. The lowest BCUT2D eigenvalue weighted by Gasteiger charge is -2.09. The Bertz CT molecular complexity index is 591. The maximum Gasteiger partial charge on any atom is 0.343 e. The van der Waals surface area contributed by atoms with E-state index in [2.05, 4.69) is 0 Å². The van der Waals surface area contributed by atoms with Crippen molar-refractivity contribution in [2.75, 3.05) is 7.11 Å². The van der Waals surface area contributed by atoms with Crippen LogP contribution in [-0.2, 0) is 0 Å². The molecule has 5 heteroatoms. The molecule has 0 spiro atoms. The van der Waals surface area contributed by atoms with Gasteiger partial charge < -0.3 is 9.47 Å². The summed E-state index contributed by atoms with van der Waals surface area (Å²) in [5, 5.41) is 0.749. The van der Waals surface area contributed by atoms with E-state index in [1.165, 1.54) is 19.2 Å². The van der Waals surface area contributed by atoms with Gasteiger partial charge in [0.15, 0.2) is 11.5 Å². The van der Waals surface area contributed by atoms with Gasteiger partial charge >= 0.3 is 5.97 Å². The standard InChI is InChI=1S/C14H10Cl2O3/c1-18-12-4-2-3-5-13(12)19-14(17)9-6-10(15)8-11(16)7-9/h2-8H,1H3. The number of hydrogen-bond donors (Lipinski definition) is 0. The zero-order valence-electron chi connectivity index (χ0n) is 10.0. The molecule has 0 heterocycles. The van der Waals surface area contributed by atoms with Crippen molar-refractivity contribution in [2.24, 2.45) is 0 Å². The van der Waals surface area contributed by atoms with E-state index in [-0.39, 0.29) is 5.56 Å². The molecular weight excluding hydrogens is 287 g/mol. The fraction of sp³-hybridized carbons (Fsp3) is 0.0714. The SMILES string of the molecule is COc1ccccc1OC(=O)c1cc(Cl)cc(Cl)c1. The van der Waals surface area contributed by atoms with Crippen LogP contribution in [0.4, 0.5) is 0 Å². The molecular formula is C14H10Cl2O3. The second-order valence-electron chi connectivity index (χ2n) is 3.70. The minimum absolute atomic E-state index is 0.281. The van der Waals surface area contributed by atoms with Gasteiger partial charge in [-0.3, -0.25) is 0 Å². The Morgan fingerprint density at radius 3 is 2.16 bits per heavy atom. The fourth-order valence-corrected chi connectivity index (χ4v) is 2.06. The third-order valence-corrected chi connectivity index (χ3v) is 2.81. The molecule has 3 nitrogen and oxygen atoms in total. The maximum atomic E-state index is 12.0. The molecule has 0 saturated carbocycles. The van der Waals surface area contributed by atoms with Gasteiger partial charge in [-0.25, -0.2) is 4.79 Å². The zero-order chi connectivity index (χ0) is 13.8. The van der Waals surface area contributed by atoms with E-state index >= 15 is 0 Å². The van der Waals surface area contributed by atoms with Gasteiger partial charge in [-0.05, 0) is 30.3 Å². The highest BCUT2D eigenvalue weighted by atomic mass is 35.5. The van der Waals surface area contributed by atoms with Gasteiger partial charge in [-0.15, -0.1) is 0 Å². The van der Waals surface area contributed by atoms with E-state index < -0.39 is 5.97 Å². The van der Waals surface area contributed by atoms with Crippen molar-refractivity contribution in [1.82, 2.24) is 0 Å². The molecule has 19 heavy (non-hydrogen) atoms. The van der Waals surface area contributed by atoms with E-state index in [0.29, 0.717) is 21.5 Å². The molecule has 2 aromatic rings. The first-order valence-corrected chi connectivity index (χ1v) is 6.17. The summed E-state index contributed by atoms with van der Waals surface area (Å²) in [7, 11) is 1.50. The molecule has 0 aliphatic heterocycles. The van der Waals surface area contributed by atoms with Gasteiger partial charge in [-0.2, -0.15) is 0 Å². The van der Waals surface area contributed by atoms with Gasteiger partial charge in [0.1, 0.15) is 0 Å². The number of methoxy groups -OCH3 is 1. The van der Waals surface area contributed by atoms with Crippen LogP contribution in [0.1, 0.15) is 10.4 Å². The predicted molar refractivity (Wildman–Crippen MR) is 74.4 cm³/mol.